The van der Waals surface area contributed by atoms with Crippen molar-refractivity contribution in [1.82, 2.24) is 25.2 Å². The number of halogens is 1. The summed E-state index contributed by atoms with van der Waals surface area (Å²) in [6.07, 6.45) is 0. The topological polar surface area (TPSA) is 89.3 Å². The van der Waals surface area contributed by atoms with Gasteiger partial charge in [0.25, 0.3) is 0 Å². The van der Waals surface area contributed by atoms with Gasteiger partial charge < -0.3 is 15.0 Å². The lowest BCUT2D eigenvalue weighted by Gasteiger charge is -2.31. The Morgan fingerprint density at radius 2 is 1.74 bits per heavy atom. The summed E-state index contributed by atoms with van der Waals surface area (Å²) >= 11 is 0. The predicted molar refractivity (Wildman–Crippen MR) is 129 cm³/mol. The molecule has 0 unspecified atom stereocenters. The van der Waals surface area contributed by atoms with Gasteiger partial charge >= 0.3 is 0 Å². The van der Waals surface area contributed by atoms with Crippen molar-refractivity contribution in [3.8, 4) is 0 Å². The van der Waals surface area contributed by atoms with Crippen LogP contribution in [0.25, 0.3) is 11.0 Å². The van der Waals surface area contributed by atoms with E-state index in [9.17, 15) is 14.0 Å². The highest BCUT2D eigenvalue weighted by Crippen LogP contribution is 2.25. The van der Waals surface area contributed by atoms with Crippen molar-refractivity contribution in [2.75, 3.05) is 20.3 Å². The summed E-state index contributed by atoms with van der Waals surface area (Å²) in [5.74, 6) is -1.48. The Morgan fingerprint density at radius 1 is 1.03 bits per heavy atom. The Labute approximate surface area is 202 Å². The van der Waals surface area contributed by atoms with Crippen LogP contribution in [0.1, 0.15) is 17.2 Å². The minimum Gasteiger partial charge on any atom is -0.383 e. The van der Waals surface area contributed by atoms with Crippen molar-refractivity contribution in [2.45, 2.75) is 19.1 Å². The van der Waals surface area contributed by atoms with Gasteiger partial charge in [0.2, 0.25) is 11.8 Å². The van der Waals surface area contributed by atoms with E-state index in [1.807, 2.05) is 48.5 Å². The van der Waals surface area contributed by atoms with Gasteiger partial charge in [0.15, 0.2) is 0 Å². The minimum absolute atomic E-state index is 0.0831. The summed E-state index contributed by atoms with van der Waals surface area (Å²) in [5.41, 5.74) is 2.32. The summed E-state index contributed by atoms with van der Waals surface area (Å²) < 4.78 is 21.6. The van der Waals surface area contributed by atoms with Crippen molar-refractivity contribution in [3.05, 3.63) is 95.8 Å². The van der Waals surface area contributed by atoms with E-state index in [-0.39, 0.29) is 31.8 Å². The molecule has 0 fully saturated rings. The molecule has 4 aromatic rings. The number of fused-ring (bicyclic) bond motifs is 1. The third kappa shape index (κ3) is 5.70. The maximum atomic E-state index is 14.9. The molecule has 2 amide bonds. The third-order valence-corrected chi connectivity index (χ3v) is 5.63. The molecule has 1 aromatic heterocycles. The second-order valence-corrected chi connectivity index (χ2v) is 7.94. The monoisotopic (exact) mass is 475 g/mol. The van der Waals surface area contributed by atoms with Crippen molar-refractivity contribution in [1.29, 1.82) is 0 Å². The second kappa shape index (κ2) is 11.3. The molecule has 0 saturated carbocycles. The number of ether oxygens (including phenoxy) is 1. The van der Waals surface area contributed by atoms with Crippen LogP contribution in [0.15, 0.2) is 78.9 Å². The fourth-order valence-electron chi connectivity index (χ4n) is 3.87. The fraction of sp³-hybridized carbons (Fsp3) is 0.231. The van der Waals surface area contributed by atoms with E-state index in [1.54, 1.807) is 18.2 Å². The molecule has 0 aliphatic carbocycles. The van der Waals surface area contributed by atoms with Gasteiger partial charge in [-0.1, -0.05) is 65.9 Å². The second-order valence-electron chi connectivity index (χ2n) is 7.94. The Balaban J connectivity index is 1.65. The molecule has 1 N–H and O–H groups in total. The number of methoxy groups -OCH3 is 1. The van der Waals surface area contributed by atoms with Crippen LogP contribution in [0.2, 0.25) is 0 Å². The first-order valence-electron chi connectivity index (χ1n) is 11.2. The molecule has 8 nitrogen and oxygen atoms in total. The highest BCUT2D eigenvalue weighted by molar-refractivity contribution is 5.89. The molecule has 3 aromatic carbocycles. The maximum Gasteiger partial charge on any atom is 0.247 e. The molecule has 180 valence electrons. The van der Waals surface area contributed by atoms with Crippen LogP contribution in [0.4, 0.5) is 4.39 Å². The van der Waals surface area contributed by atoms with Crippen LogP contribution >= 0.6 is 0 Å². The lowest BCUT2D eigenvalue weighted by molar-refractivity contribution is -0.142. The van der Waals surface area contributed by atoms with Gasteiger partial charge in [-0.2, -0.15) is 0 Å². The molecule has 0 saturated heterocycles. The average Bonchev–Trinajstić information content (AvgIpc) is 3.29. The SMILES string of the molecule is COCCN(C(=O)Cn1nnc2ccccc21)[C@H](C(=O)NCc1ccccc1)c1ccccc1F. The minimum atomic E-state index is -1.20. The lowest BCUT2D eigenvalue weighted by Crippen LogP contribution is -2.46. The number of hydrogen-bond donors (Lipinski definition) is 1. The number of para-hydroxylation sites is 1. The van der Waals surface area contributed by atoms with E-state index >= 15 is 0 Å². The normalized spacial score (nSPS) is 11.8. The van der Waals surface area contributed by atoms with Gasteiger partial charge in [-0.05, 0) is 23.8 Å². The number of aromatic nitrogens is 3. The lowest BCUT2D eigenvalue weighted by atomic mass is 10.0. The smallest absolute Gasteiger partial charge is 0.247 e. The Hall–Kier alpha value is -4.11. The van der Waals surface area contributed by atoms with E-state index in [4.69, 9.17) is 4.74 Å². The van der Waals surface area contributed by atoms with Gasteiger partial charge in [0, 0.05) is 25.8 Å². The van der Waals surface area contributed by atoms with Crippen LogP contribution in [0, 0.1) is 5.82 Å². The maximum absolute atomic E-state index is 14.9. The Bertz CT molecular complexity index is 1290. The average molecular weight is 476 g/mol. The van der Waals surface area contributed by atoms with Gasteiger partial charge in [-0.15, -0.1) is 5.10 Å². The summed E-state index contributed by atoms with van der Waals surface area (Å²) in [6.45, 7) is 0.326. The first-order valence-corrected chi connectivity index (χ1v) is 11.2. The molecule has 9 heteroatoms. The number of rotatable bonds is 10. The zero-order chi connectivity index (χ0) is 24.6. The predicted octanol–water partition coefficient (Wildman–Crippen LogP) is 3.10. The number of carbonyl (C=O) groups excluding carboxylic acids is 2. The molecule has 0 radical (unpaired) electrons. The summed E-state index contributed by atoms with van der Waals surface area (Å²) in [6, 6.07) is 21.4. The molecule has 0 aliphatic rings. The zero-order valence-electron chi connectivity index (χ0n) is 19.3. The van der Waals surface area contributed by atoms with Crippen molar-refractivity contribution in [2.24, 2.45) is 0 Å². The van der Waals surface area contributed by atoms with E-state index in [0.717, 1.165) is 5.56 Å². The fourth-order valence-corrected chi connectivity index (χ4v) is 3.87. The van der Waals surface area contributed by atoms with Crippen LogP contribution in [-0.4, -0.2) is 52.0 Å². The molecular formula is C26H26FN5O3. The van der Waals surface area contributed by atoms with Crippen LogP contribution in [0.5, 0.6) is 0 Å². The van der Waals surface area contributed by atoms with Crippen molar-refractivity contribution >= 4 is 22.8 Å². The standard InChI is InChI=1S/C26H26FN5O3/c1-35-16-15-31(24(33)18-32-23-14-8-7-13-22(23)29-30-32)25(20-11-5-6-12-21(20)27)26(34)28-17-19-9-3-2-4-10-19/h2-14,25H,15-18H2,1H3,(H,28,34)/t25-/m0/s1. The highest BCUT2D eigenvalue weighted by Gasteiger charge is 2.33. The molecular weight excluding hydrogens is 449 g/mol. The van der Waals surface area contributed by atoms with Crippen LogP contribution < -0.4 is 5.32 Å². The summed E-state index contributed by atoms with van der Waals surface area (Å²) in [7, 11) is 1.50. The summed E-state index contributed by atoms with van der Waals surface area (Å²) in [5, 5.41) is 11.0. The molecule has 1 heterocycles. The highest BCUT2D eigenvalue weighted by atomic mass is 19.1. The molecule has 0 aliphatic heterocycles. The molecule has 1 atom stereocenters. The Morgan fingerprint density at radius 3 is 2.51 bits per heavy atom. The van der Waals surface area contributed by atoms with E-state index in [0.29, 0.717) is 11.0 Å². The quantitative estimate of drug-likeness (QED) is 0.381. The first-order chi connectivity index (χ1) is 17.1. The van der Waals surface area contributed by atoms with Crippen LogP contribution in [0.3, 0.4) is 0 Å². The molecule has 4 rings (SSSR count). The van der Waals surface area contributed by atoms with E-state index < -0.39 is 23.7 Å². The number of nitrogens with one attached hydrogen (secondary N) is 1. The Kier molecular flexibility index (Phi) is 7.79. The number of benzene rings is 3. The summed E-state index contributed by atoms with van der Waals surface area (Å²) in [4.78, 5) is 28.3. The largest absolute Gasteiger partial charge is 0.383 e. The third-order valence-electron chi connectivity index (χ3n) is 5.63. The molecule has 0 bridgehead atoms. The number of amides is 2. The van der Waals surface area contributed by atoms with Gasteiger partial charge in [0.05, 0.1) is 12.1 Å². The van der Waals surface area contributed by atoms with Crippen molar-refractivity contribution in [3.63, 3.8) is 0 Å². The van der Waals surface area contributed by atoms with E-state index in [1.165, 1.54) is 28.8 Å². The van der Waals surface area contributed by atoms with Gasteiger partial charge in [-0.25, -0.2) is 9.07 Å². The molecule has 35 heavy (non-hydrogen) atoms. The van der Waals surface area contributed by atoms with Crippen LogP contribution in [-0.2, 0) is 27.4 Å². The zero-order valence-corrected chi connectivity index (χ0v) is 19.3. The number of hydrogen-bond acceptors (Lipinski definition) is 5. The number of carbonyl (C=O) groups is 2. The number of nitrogens with zero attached hydrogens (tertiary/aromatic N) is 4. The van der Waals surface area contributed by atoms with Gasteiger partial charge in [-0.3, -0.25) is 9.59 Å². The first kappa shape index (κ1) is 24.0. The van der Waals surface area contributed by atoms with E-state index in [2.05, 4.69) is 15.6 Å². The van der Waals surface area contributed by atoms with Crippen molar-refractivity contribution < 1.29 is 18.7 Å². The van der Waals surface area contributed by atoms with Gasteiger partial charge in [0.1, 0.15) is 23.9 Å². The molecule has 0 spiro atoms.